The van der Waals surface area contributed by atoms with Crippen LogP contribution in [0.4, 0.5) is 0 Å². The lowest BCUT2D eigenvalue weighted by molar-refractivity contribution is -0.136. The summed E-state index contributed by atoms with van der Waals surface area (Å²) < 4.78 is 5.29. The third kappa shape index (κ3) is 4.25. The summed E-state index contributed by atoms with van der Waals surface area (Å²) in [4.78, 5) is 23.4. The lowest BCUT2D eigenvalue weighted by Gasteiger charge is -2.35. The smallest absolute Gasteiger partial charge is 0.236 e. The van der Waals surface area contributed by atoms with E-state index >= 15 is 0 Å². The minimum atomic E-state index is 0.242. The van der Waals surface area contributed by atoms with Crippen molar-refractivity contribution in [1.82, 2.24) is 19.7 Å². The number of carbonyl (C=O) groups excluding carboxylic acids is 1. The fourth-order valence-electron chi connectivity index (χ4n) is 2.92. The maximum atomic E-state index is 12.2. The number of piperazine rings is 1. The predicted octanol–water partition coefficient (Wildman–Crippen LogP) is 0.428. The molecule has 7 heteroatoms. The summed E-state index contributed by atoms with van der Waals surface area (Å²) in [5.74, 6) is 0.242. The Bertz CT molecular complexity index is 493. The van der Waals surface area contributed by atoms with Gasteiger partial charge in [0.1, 0.15) is 0 Å². The van der Waals surface area contributed by atoms with Crippen LogP contribution < -0.4 is 0 Å². The molecule has 1 aromatic heterocycles. The number of ether oxygens (including phenoxy) is 1. The number of hydrogen-bond acceptors (Lipinski definition) is 6. The van der Waals surface area contributed by atoms with Crippen LogP contribution >= 0.6 is 11.3 Å². The molecule has 0 spiro atoms. The zero-order valence-electron chi connectivity index (χ0n) is 13.2. The molecule has 3 heterocycles. The molecule has 0 saturated carbocycles. The van der Waals surface area contributed by atoms with Crippen molar-refractivity contribution in [3.63, 3.8) is 0 Å². The van der Waals surface area contributed by atoms with Gasteiger partial charge >= 0.3 is 0 Å². The minimum Gasteiger partial charge on any atom is -0.378 e. The highest BCUT2D eigenvalue weighted by Gasteiger charge is 2.23. The number of amides is 1. The molecule has 1 amide bonds. The molecular weight excluding hydrogens is 300 g/mol. The first kappa shape index (κ1) is 15.9. The predicted molar refractivity (Wildman–Crippen MR) is 86.0 cm³/mol. The molecule has 0 unspecified atom stereocenters. The van der Waals surface area contributed by atoms with Gasteiger partial charge in [0.2, 0.25) is 5.91 Å². The van der Waals surface area contributed by atoms with Crippen LogP contribution in [0.25, 0.3) is 0 Å². The normalized spacial score (nSPS) is 21.2. The third-order valence-corrected chi connectivity index (χ3v) is 5.06. The van der Waals surface area contributed by atoms with Gasteiger partial charge in [-0.2, -0.15) is 0 Å². The van der Waals surface area contributed by atoms with Crippen LogP contribution in [0, 0.1) is 6.92 Å². The third-order valence-electron chi connectivity index (χ3n) is 4.24. The molecule has 122 valence electrons. The zero-order chi connectivity index (χ0) is 15.4. The topological polar surface area (TPSA) is 48.9 Å². The van der Waals surface area contributed by atoms with E-state index in [9.17, 15) is 4.79 Å². The van der Waals surface area contributed by atoms with Gasteiger partial charge in [-0.3, -0.25) is 14.6 Å². The standard InChI is InChI=1S/C15H24N4O2S/c1-13-16-14(12-22-13)10-17-2-4-18(5-3-17)11-15(20)19-6-8-21-9-7-19/h12H,2-11H2,1H3. The summed E-state index contributed by atoms with van der Waals surface area (Å²) in [6, 6.07) is 0. The number of nitrogens with zero attached hydrogens (tertiary/aromatic N) is 4. The van der Waals surface area contributed by atoms with E-state index in [1.807, 2.05) is 11.8 Å². The number of carbonyl (C=O) groups is 1. The molecule has 0 bridgehead atoms. The summed E-state index contributed by atoms with van der Waals surface area (Å²) in [7, 11) is 0. The van der Waals surface area contributed by atoms with Crippen LogP contribution in [0.5, 0.6) is 0 Å². The molecule has 2 aliphatic rings. The van der Waals surface area contributed by atoms with Crippen LogP contribution in [0.1, 0.15) is 10.7 Å². The van der Waals surface area contributed by atoms with E-state index in [4.69, 9.17) is 4.74 Å². The molecule has 2 saturated heterocycles. The molecule has 0 atom stereocenters. The lowest BCUT2D eigenvalue weighted by Crippen LogP contribution is -2.51. The molecule has 2 fully saturated rings. The highest BCUT2D eigenvalue weighted by atomic mass is 32.1. The van der Waals surface area contributed by atoms with Crippen LogP contribution in [0.2, 0.25) is 0 Å². The second-order valence-corrected chi connectivity index (χ2v) is 6.97. The van der Waals surface area contributed by atoms with E-state index < -0.39 is 0 Å². The molecular formula is C15H24N4O2S. The Morgan fingerprint density at radius 1 is 1.18 bits per heavy atom. The highest BCUT2D eigenvalue weighted by Crippen LogP contribution is 2.12. The first-order valence-electron chi connectivity index (χ1n) is 7.92. The second-order valence-electron chi connectivity index (χ2n) is 5.90. The van der Waals surface area contributed by atoms with Gasteiger partial charge in [0.15, 0.2) is 0 Å². The summed E-state index contributed by atoms with van der Waals surface area (Å²) in [6.45, 7) is 10.3. The highest BCUT2D eigenvalue weighted by molar-refractivity contribution is 7.09. The molecule has 0 N–H and O–H groups in total. The van der Waals surface area contributed by atoms with Crippen molar-refractivity contribution in [3.05, 3.63) is 16.1 Å². The fraction of sp³-hybridized carbons (Fsp3) is 0.733. The molecule has 22 heavy (non-hydrogen) atoms. The van der Waals surface area contributed by atoms with Crippen LogP contribution in [-0.4, -0.2) is 84.6 Å². The van der Waals surface area contributed by atoms with Gasteiger partial charge in [-0.1, -0.05) is 0 Å². The number of thiazole rings is 1. The molecule has 0 aliphatic carbocycles. The molecule has 2 aliphatic heterocycles. The quantitative estimate of drug-likeness (QED) is 0.804. The number of rotatable bonds is 4. The Morgan fingerprint density at radius 3 is 2.50 bits per heavy atom. The summed E-state index contributed by atoms with van der Waals surface area (Å²) in [5, 5.41) is 3.27. The number of hydrogen-bond donors (Lipinski definition) is 0. The van der Waals surface area contributed by atoms with E-state index in [-0.39, 0.29) is 5.91 Å². The minimum absolute atomic E-state index is 0.242. The van der Waals surface area contributed by atoms with Gasteiger partial charge in [0, 0.05) is 51.2 Å². The fourth-order valence-corrected chi connectivity index (χ4v) is 3.52. The Balaban J connectivity index is 1.40. The maximum absolute atomic E-state index is 12.2. The summed E-state index contributed by atoms with van der Waals surface area (Å²) in [6.07, 6.45) is 0. The van der Waals surface area contributed by atoms with Crippen molar-refractivity contribution < 1.29 is 9.53 Å². The number of morpholine rings is 1. The van der Waals surface area contributed by atoms with Crippen molar-refractivity contribution in [3.8, 4) is 0 Å². The van der Waals surface area contributed by atoms with Crippen LogP contribution in [0.15, 0.2) is 5.38 Å². The van der Waals surface area contributed by atoms with Gasteiger partial charge in [-0.15, -0.1) is 11.3 Å². The average Bonchev–Trinajstić information content (AvgIpc) is 2.95. The van der Waals surface area contributed by atoms with E-state index in [1.165, 1.54) is 5.69 Å². The number of aromatic nitrogens is 1. The Hall–Kier alpha value is -1.02. The van der Waals surface area contributed by atoms with Gasteiger partial charge in [-0.25, -0.2) is 4.98 Å². The van der Waals surface area contributed by atoms with Gasteiger partial charge in [0.05, 0.1) is 30.5 Å². The molecule has 1 aromatic rings. The van der Waals surface area contributed by atoms with Gasteiger partial charge < -0.3 is 9.64 Å². The van der Waals surface area contributed by atoms with E-state index in [0.29, 0.717) is 19.8 Å². The zero-order valence-corrected chi connectivity index (χ0v) is 14.0. The summed E-state index contributed by atoms with van der Waals surface area (Å²) >= 11 is 1.71. The Kier molecular flexibility index (Phi) is 5.41. The lowest BCUT2D eigenvalue weighted by atomic mass is 10.3. The Labute approximate surface area is 135 Å². The monoisotopic (exact) mass is 324 g/mol. The first-order chi connectivity index (χ1) is 10.7. The van der Waals surface area contributed by atoms with E-state index in [1.54, 1.807) is 11.3 Å². The van der Waals surface area contributed by atoms with Crippen LogP contribution in [0.3, 0.4) is 0 Å². The average molecular weight is 324 g/mol. The van der Waals surface area contributed by atoms with Gasteiger partial charge in [-0.05, 0) is 6.92 Å². The van der Waals surface area contributed by atoms with E-state index in [2.05, 4.69) is 20.2 Å². The molecule has 0 radical (unpaired) electrons. The van der Waals surface area contributed by atoms with Gasteiger partial charge in [0.25, 0.3) is 0 Å². The SMILES string of the molecule is Cc1nc(CN2CCN(CC(=O)N3CCOCC3)CC2)cs1. The first-order valence-corrected chi connectivity index (χ1v) is 8.80. The van der Waals surface area contributed by atoms with Crippen molar-refractivity contribution in [1.29, 1.82) is 0 Å². The largest absolute Gasteiger partial charge is 0.378 e. The maximum Gasteiger partial charge on any atom is 0.236 e. The van der Waals surface area contributed by atoms with Crippen molar-refractivity contribution >= 4 is 17.2 Å². The molecule has 6 nitrogen and oxygen atoms in total. The second kappa shape index (κ2) is 7.50. The number of aryl methyl sites for hydroxylation is 1. The van der Waals surface area contributed by atoms with E-state index in [0.717, 1.165) is 50.8 Å². The molecule has 0 aromatic carbocycles. The Morgan fingerprint density at radius 2 is 1.86 bits per heavy atom. The van der Waals surface area contributed by atoms with Crippen molar-refractivity contribution in [2.75, 3.05) is 59.0 Å². The molecule has 3 rings (SSSR count). The van der Waals surface area contributed by atoms with Crippen molar-refractivity contribution in [2.24, 2.45) is 0 Å². The summed E-state index contributed by atoms with van der Waals surface area (Å²) in [5.41, 5.74) is 1.17. The van der Waals surface area contributed by atoms with Crippen molar-refractivity contribution in [2.45, 2.75) is 13.5 Å². The van der Waals surface area contributed by atoms with Crippen LogP contribution in [-0.2, 0) is 16.1 Å².